The minimum absolute atomic E-state index is 0.407. The second-order valence-corrected chi connectivity index (χ2v) is 5.99. The van der Waals surface area contributed by atoms with Crippen molar-refractivity contribution in [1.29, 1.82) is 0 Å². The fourth-order valence-electron chi connectivity index (χ4n) is 2.16. The van der Waals surface area contributed by atoms with Crippen molar-refractivity contribution in [2.24, 2.45) is 5.41 Å². The van der Waals surface area contributed by atoms with Crippen molar-refractivity contribution in [2.75, 3.05) is 0 Å². The first-order chi connectivity index (χ1) is 9.80. The number of amides is 1. The molecule has 21 heavy (non-hydrogen) atoms. The predicted molar refractivity (Wildman–Crippen MR) is 80.1 cm³/mol. The molecule has 1 heterocycles. The molecule has 1 aromatic carbocycles. The molecule has 2 aromatic rings. The average molecular weight is 286 g/mol. The van der Waals surface area contributed by atoms with Crippen LogP contribution in [-0.2, 0) is 4.79 Å². The molecule has 2 rings (SSSR count). The number of nitrogens with zero attached hydrogens (tertiary/aromatic N) is 1. The van der Waals surface area contributed by atoms with Crippen molar-refractivity contribution in [1.82, 2.24) is 10.3 Å². The molecule has 0 aliphatic rings. The molecule has 0 bridgehead atoms. The van der Waals surface area contributed by atoms with Gasteiger partial charge in [-0.25, -0.2) is 4.79 Å². The van der Waals surface area contributed by atoms with Gasteiger partial charge < -0.3 is 10.4 Å². The topological polar surface area (TPSA) is 79.3 Å². The lowest BCUT2D eigenvalue weighted by Gasteiger charge is -2.27. The molecule has 0 fully saturated rings. The first-order valence-electron chi connectivity index (χ1n) is 6.68. The Morgan fingerprint density at radius 2 is 1.90 bits per heavy atom. The maximum atomic E-state index is 12.4. The molecule has 0 spiro atoms. The molecule has 1 amide bonds. The Morgan fingerprint density at radius 3 is 2.52 bits per heavy atom. The minimum atomic E-state index is -1.05. The Balaban J connectivity index is 2.37. The molecular weight excluding hydrogens is 268 g/mol. The summed E-state index contributed by atoms with van der Waals surface area (Å²) in [5, 5.41) is 12.6. The molecule has 0 radical (unpaired) electrons. The van der Waals surface area contributed by atoms with Crippen molar-refractivity contribution >= 4 is 22.8 Å². The number of fused-ring (bicyclic) bond motifs is 1. The summed E-state index contributed by atoms with van der Waals surface area (Å²) in [4.78, 5) is 28.0. The van der Waals surface area contributed by atoms with E-state index in [1.807, 2.05) is 6.07 Å². The average Bonchev–Trinajstić information content (AvgIpc) is 2.42. The van der Waals surface area contributed by atoms with E-state index in [9.17, 15) is 14.7 Å². The predicted octanol–water partition coefficient (Wildman–Crippen LogP) is 2.46. The normalized spacial score (nSPS) is 12.9. The van der Waals surface area contributed by atoms with Gasteiger partial charge in [-0.2, -0.15) is 0 Å². The number of aromatic nitrogens is 1. The third-order valence-electron chi connectivity index (χ3n) is 3.28. The molecule has 0 saturated heterocycles. The summed E-state index contributed by atoms with van der Waals surface area (Å²) in [5.74, 6) is -1.45. The molecule has 1 aromatic heterocycles. The van der Waals surface area contributed by atoms with Gasteiger partial charge in [0.05, 0.1) is 5.52 Å². The number of aliphatic carboxylic acids is 1. The van der Waals surface area contributed by atoms with Crippen LogP contribution in [0.3, 0.4) is 0 Å². The fraction of sp³-hybridized carbons (Fsp3) is 0.312. The van der Waals surface area contributed by atoms with Gasteiger partial charge in [0, 0.05) is 17.1 Å². The summed E-state index contributed by atoms with van der Waals surface area (Å²) < 4.78 is 0. The van der Waals surface area contributed by atoms with E-state index in [0.29, 0.717) is 16.5 Å². The molecular formula is C16H18N2O3. The summed E-state index contributed by atoms with van der Waals surface area (Å²) >= 11 is 0. The van der Waals surface area contributed by atoms with Gasteiger partial charge in [-0.05, 0) is 23.6 Å². The van der Waals surface area contributed by atoms with Gasteiger partial charge in [0.15, 0.2) is 0 Å². The van der Waals surface area contributed by atoms with E-state index < -0.39 is 23.3 Å². The van der Waals surface area contributed by atoms with Gasteiger partial charge in [-0.15, -0.1) is 0 Å². The standard InChI is InChI=1S/C16H18N2O3/c1-16(2,3)13(15(20)21)18-14(19)11-6-4-8-12-10(11)7-5-9-17-12/h4-9,13H,1-3H3,(H,18,19)(H,20,21)/t13-/m1/s1. The number of carboxylic acid groups (broad SMARTS) is 1. The zero-order chi connectivity index (χ0) is 15.6. The molecule has 0 aliphatic heterocycles. The lowest BCUT2D eigenvalue weighted by atomic mass is 9.86. The Hall–Kier alpha value is -2.43. The van der Waals surface area contributed by atoms with Gasteiger partial charge in [0.2, 0.25) is 0 Å². The quantitative estimate of drug-likeness (QED) is 0.908. The summed E-state index contributed by atoms with van der Waals surface area (Å²) in [7, 11) is 0. The number of carbonyl (C=O) groups excluding carboxylic acids is 1. The van der Waals surface area contributed by atoms with Crippen LogP contribution in [0.25, 0.3) is 10.9 Å². The van der Waals surface area contributed by atoms with Crippen molar-refractivity contribution in [3.05, 3.63) is 42.1 Å². The SMILES string of the molecule is CC(C)(C)[C@H](NC(=O)c1cccc2ncccc12)C(=O)O. The number of hydrogen-bond acceptors (Lipinski definition) is 3. The summed E-state index contributed by atoms with van der Waals surface area (Å²) in [6, 6.07) is 7.79. The van der Waals surface area contributed by atoms with Crippen LogP contribution in [0.5, 0.6) is 0 Å². The highest BCUT2D eigenvalue weighted by molar-refractivity contribution is 6.07. The van der Waals surface area contributed by atoms with E-state index in [1.165, 1.54) is 0 Å². The summed E-state index contributed by atoms with van der Waals surface area (Å²) in [5.41, 5.74) is 0.550. The molecule has 5 nitrogen and oxygen atoms in total. The van der Waals surface area contributed by atoms with E-state index in [1.54, 1.807) is 51.2 Å². The van der Waals surface area contributed by atoms with Crippen molar-refractivity contribution < 1.29 is 14.7 Å². The Bertz CT molecular complexity index is 684. The van der Waals surface area contributed by atoms with Crippen LogP contribution < -0.4 is 5.32 Å². The van der Waals surface area contributed by atoms with Crippen LogP contribution in [0.2, 0.25) is 0 Å². The second-order valence-electron chi connectivity index (χ2n) is 5.99. The zero-order valence-corrected chi connectivity index (χ0v) is 12.3. The van der Waals surface area contributed by atoms with Crippen LogP contribution in [0.4, 0.5) is 0 Å². The maximum Gasteiger partial charge on any atom is 0.326 e. The number of carbonyl (C=O) groups is 2. The molecule has 0 saturated carbocycles. The van der Waals surface area contributed by atoms with E-state index in [0.717, 1.165) is 0 Å². The lowest BCUT2D eigenvalue weighted by Crippen LogP contribution is -2.49. The monoisotopic (exact) mass is 286 g/mol. The van der Waals surface area contributed by atoms with Crippen LogP contribution in [0, 0.1) is 5.41 Å². The first kappa shape index (κ1) is 15.0. The smallest absolute Gasteiger partial charge is 0.326 e. The number of carboxylic acids is 1. The molecule has 1 atom stereocenters. The molecule has 5 heteroatoms. The van der Waals surface area contributed by atoms with Crippen LogP contribution >= 0.6 is 0 Å². The van der Waals surface area contributed by atoms with Crippen molar-refractivity contribution in [3.63, 3.8) is 0 Å². The van der Waals surface area contributed by atoms with E-state index >= 15 is 0 Å². The van der Waals surface area contributed by atoms with Crippen LogP contribution in [-0.4, -0.2) is 28.0 Å². The highest BCUT2D eigenvalue weighted by Crippen LogP contribution is 2.21. The number of benzene rings is 1. The summed E-state index contributed by atoms with van der Waals surface area (Å²) in [6.07, 6.45) is 1.65. The Kier molecular flexibility index (Phi) is 3.93. The molecule has 2 N–H and O–H groups in total. The third kappa shape index (κ3) is 3.18. The zero-order valence-electron chi connectivity index (χ0n) is 12.3. The Labute approximate surface area is 123 Å². The first-order valence-corrected chi connectivity index (χ1v) is 6.68. The number of rotatable bonds is 3. The Morgan fingerprint density at radius 1 is 1.19 bits per heavy atom. The second kappa shape index (κ2) is 5.52. The molecule has 110 valence electrons. The lowest BCUT2D eigenvalue weighted by molar-refractivity contribution is -0.142. The number of pyridine rings is 1. The van der Waals surface area contributed by atoms with Gasteiger partial charge in [0.1, 0.15) is 6.04 Å². The molecule has 0 unspecified atom stereocenters. The highest BCUT2D eigenvalue weighted by Gasteiger charge is 2.33. The van der Waals surface area contributed by atoms with Crippen LogP contribution in [0.1, 0.15) is 31.1 Å². The van der Waals surface area contributed by atoms with Crippen molar-refractivity contribution in [2.45, 2.75) is 26.8 Å². The highest BCUT2D eigenvalue weighted by atomic mass is 16.4. The number of nitrogens with one attached hydrogen (secondary N) is 1. The maximum absolute atomic E-state index is 12.4. The van der Waals surface area contributed by atoms with Gasteiger partial charge in [-0.1, -0.05) is 32.9 Å². The van der Waals surface area contributed by atoms with Crippen molar-refractivity contribution in [3.8, 4) is 0 Å². The minimum Gasteiger partial charge on any atom is -0.480 e. The van der Waals surface area contributed by atoms with E-state index in [2.05, 4.69) is 10.3 Å². The molecule has 0 aliphatic carbocycles. The van der Waals surface area contributed by atoms with Crippen LogP contribution in [0.15, 0.2) is 36.5 Å². The summed E-state index contributed by atoms with van der Waals surface area (Å²) in [6.45, 7) is 5.32. The largest absolute Gasteiger partial charge is 0.480 e. The van der Waals surface area contributed by atoms with E-state index in [4.69, 9.17) is 0 Å². The number of hydrogen-bond donors (Lipinski definition) is 2. The van der Waals surface area contributed by atoms with Gasteiger partial charge in [-0.3, -0.25) is 9.78 Å². The van der Waals surface area contributed by atoms with Gasteiger partial charge >= 0.3 is 5.97 Å². The fourth-order valence-corrected chi connectivity index (χ4v) is 2.16. The van der Waals surface area contributed by atoms with E-state index in [-0.39, 0.29) is 0 Å². The van der Waals surface area contributed by atoms with Gasteiger partial charge in [0.25, 0.3) is 5.91 Å². The third-order valence-corrected chi connectivity index (χ3v) is 3.28.